The molecule has 2 heterocycles. The van der Waals surface area contributed by atoms with Crippen molar-refractivity contribution in [3.63, 3.8) is 0 Å². The van der Waals surface area contributed by atoms with Crippen LogP contribution in [0.15, 0.2) is 30.3 Å². The minimum atomic E-state index is -0.769. The van der Waals surface area contributed by atoms with Crippen LogP contribution in [0.2, 0.25) is 0 Å². The first kappa shape index (κ1) is 15.1. The van der Waals surface area contributed by atoms with Crippen LogP contribution in [0.4, 0.5) is 0 Å². The lowest BCUT2D eigenvalue weighted by atomic mass is 10.1. The van der Waals surface area contributed by atoms with Crippen molar-refractivity contribution in [1.82, 2.24) is 0 Å². The molecule has 3 aliphatic rings. The van der Waals surface area contributed by atoms with Gasteiger partial charge in [0.25, 0.3) is 0 Å². The van der Waals surface area contributed by atoms with Crippen LogP contribution in [0.3, 0.4) is 0 Å². The first-order chi connectivity index (χ1) is 10.9. The van der Waals surface area contributed by atoms with E-state index in [2.05, 4.69) is 0 Å². The Morgan fingerprint density at radius 1 is 1.26 bits per heavy atom. The summed E-state index contributed by atoms with van der Waals surface area (Å²) >= 11 is 0. The molecule has 2 saturated heterocycles. The second-order valence-corrected chi connectivity index (χ2v) is 6.85. The maximum absolute atomic E-state index is 12.0. The molecule has 124 valence electrons. The molecule has 1 aromatic carbocycles. The zero-order valence-electron chi connectivity index (χ0n) is 13.1. The Balaban J connectivity index is 1.35. The summed E-state index contributed by atoms with van der Waals surface area (Å²) in [6.07, 6.45) is -1.18. The fourth-order valence-corrected chi connectivity index (χ4v) is 3.49. The first-order valence-corrected chi connectivity index (χ1v) is 7.85. The average molecular weight is 320 g/mol. The van der Waals surface area contributed by atoms with E-state index in [1.54, 1.807) is 38.1 Å². The number of benzene rings is 1. The molecule has 1 saturated carbocycles. The lowest BCUT2D eigenvalue weighted by Crippen LogP contribution is -2.37. The van der Waals surface area contributed by atoms with Crippen LogP contribution in [0.25, 0.3) is 0 Å². The predicted molar refractivity (Wildman–Crippen MR) is 78.5 cm³/mol. The molecule has 0 bridgehead atoms. The summed E-state index contributed by atoms with van der Waals surface area (Å²) in [6.45, 7) is 3.80. The van der Waals surface area contributed by atoms with Crippen molar-refractivity contribution in [3.8, 4) is 0 Å². The molecule has 6 nitrogen and oxygen atoms in total. The Bertz CT molecular complexity index is 615. The Morgan fingerprint density at radius 3 is 2.70 bits per heavy atom. The summed E-state index contributed by atoms with van der Waals surface area (Å²) in [5.74, 6) is -1.15. The normalized spacial score (nSPS) is 40.1. The number of aliphatic hydroxyl groups excluding tert-OH is 1. The lowest BCUT2D eigenvalue weighted by Gasteiger charge is -2.23. The minimum absolute atomic E-state index is 0.0360. The van der Waals surface area contributed by atoms with E-state index in [0.29, 0.717) is 12.0 Å². The van der Waals surface area contributed by atoms with Crippen LogP contribution in [0, 0.1) is 5.92 Å². The van der Waals surface area contributed by atoms with E-state index < -0.39 is 29.9 Å². The van der Waals surface area contributed by atoms with Gasteiger partial charge < -0.3 is 24.1 Å². The van der Waals surface area contributed by atoms with Crippen molar-refractivity contribution in [1.29, 1.82) is 0 Å². The minimum Gasteiger partial charge on any atom is -0.462 e. The van der Waals surface area contributed by atoms with Gasteiger partial charge in [-0.15, -0.1) is 0 Å². The fraction of sp³-hybridized carbons (Fsp3) is 0.588. The smallest absolute Gasteiger partial charge is 0.338 e. The number of hydrogen-bond acceptors (Lipinski definition) is 6. The summed E-state index contributed by atoms with van der Waals surface area (Å²) in [5, 5.41) is 10.5. The molecule has 3 fully saturated rings. The topological polar surface area (TPSA) is 74.2 Å². The van der Waals surface area contributed by atoms with E-state index in [-0.39, 0.29) is 18.5 Å². The number of ether oxygens (including phenoxy) is 4. The summed E-state index contributed by atoms with van der Waals surface area (Å²) in [5.41, 5.74) is -0.191. The van der Waals surface area contributed by atoms with E-state index in [9.17, 15) is 9.90 Å². The Kier molecular flexibility index (Phi) is 3.29. The molecule has 1 aromatic rings. The molecule has 23 heavy (non-hydrogen) atoms. The number of esters is 1. The van der Waals surface area contributed by atoms with Gasteiger partial charge in [0.1, 0.15) is 17.8 Å². The highest BCUT2D eigenvalue weighted by atomic mass is 16.8. The Hall–Kier alpha value is -1.47. The largest absolute Gasteiger partial charge is 0.462 e. The number of hydrogen-bond donors (Lipinski definition) is 1. The summed E-state index contributed by atoms with van der Waals surface area (Å²) in [6, 6.07) is 8.84. The number of rotatable bonds is 3. The summed E-state index contributed by atoms with van der Waals surface area (Å²) < 4.78 is 22.6. The van der Waals surface area contributed by atoms with E-state index in [1.165, 1.54) is 0 Å². The Morgan fingerprint density at radius 2 is 2.00 bits per heavy atom. The maximum Gasteiger partial charge on any atom is 0.338 e. The highest BCUT2D eigenvalue weighted by Gasteiger charge is 2.72. The van der Waals surface area contributed by atoms with Crippen LogP contribution in [0.5, 0.6) is 0 Å². The molecular formula is C17H20O6. The molecule has 0 radical (unpaired) electrons. The van der Waals surface area contributed by atoms with E-state index >= 15 is 0 Å². The van der Waals surface area contributed by atoms with Gasteiger partial charge in [0.05, 0.1) is 12.2 Å². The van der Waals surface area contributed by atoms with Crippen molar-refractivity contribution in [2.24, 2.45) is 5.92 Å². The van der Waals surface area contributed by atoms with Gasteiger partial charge in [-0.1, -0.05) is 18.2 Å². The third kappa shape index (κ3) is 2.46. The van der Waals surface area contributed by atoms with Gasteiger partial charge in [-0.05, 0) is 32.4 Å². The zero-order chi connectivity index (χ0) is 16.2. The van der Waals surface area contributed by atoms with Gasteiger partial charge in [-0.2, -0.15) is 0 Å². The molecule has 4 rings (SSSR count). The van der Waals surface area contributed by atoms with Gasteiger partial charge in [0, 0.05) is 5.92 Å². The molecule has 1 N–H and O–H groups in total. The van der Waals surface area contributed by atoms with Crippen molar-refractivity contribution in [3.05, 3.63) is 35.9 Å². The molecule has 0 aromatic heterocycles. The SMILES string of the molecule is CC1(C)OC2O[C@]3(C[C@H]3COC(=O)c3ccccc3)C(O)C2O1. The van der Waals surface area contributed by atoms with E-state index in [1.807, 2.05) is 6.07 Å². The Labute approximate surface area is 134 Å². The van der Waals surface area contributed by atoms with Gasteiger partial charge >= 0.3 is 5.97 Å². The molecule has 6 heteroatoms. The van der Waals surface area contributed by atoms with Gasteiger partial charge in [-0.3, -0.25) is 0 Å². The van der Waals surface area contributed by atoms with Crippen LogP contribution >= 0.6 is 0 Å². The second kappa shape index (κ2) is 5.01. The lowest BCUT2D eigenvalue weighted by molar-refractivity contribution is -0.223. The van der Waals surface area contributed by atoms with Gasteiger partial charge in [0.15, 0.2) is 12.1 Å². The highest BCUT2D eigenvalue weighted by Crippen LogP contribution is 2.58. The fourth-order valence-electron chi connectivity index (χ4n) is 3.49. The van der Waals surface area contributed by atoms with Crippen molar-refractivity contribution >= 4 is 5.97 Å². The van der Waals surface area contributed by atoms with Gasteiger partial charge in [0.2, 0.25) is 0 Å². The third-order valence-corrected chi connectivity index (χ3v) is 4.76. The standard InChI is InChI=1S/C17H20O6/c1-16(2)21-12-13(18)17(23-15(12)22-16)8-11(17)9-20-14(19)10-6-4-3-5-7-10/h3-7,11-13,15,18H,8-9H2,1-2H3/t11-,12?,13?,15?,17-/m0/s1. The molecule has 0 amide bonds. The summed E-state index contributed by atoms with van der Waals surface area (Å²) in [4.78, 5) is 12.0. The number of carbonyl (C=O) groups excluding carboxylic acids is 1. The summed E-state index contributed by atoms with van der Waals surface area (Å²) in [7, 11) is 0. The van der Waals surface area contributed by atoms with Crippen LogP contribution in [-0.2, 0) is 18.9 Å². The van der Waals surface area contributed by atoms with Crippen LogP contribution in [-0.4, -0.2) is 47.6 Å². The van der Waals surface area contributed by atoms with Crippen LogP contribution < -0.4 is 0 Å². The van der Waals surface area contributed by atoms with Gasteiger partial charge in [-0.25, -0.2) is 4.79 Å². The number of carbonyl (C=O) groups is 1. The van der Waals surface area contributed by atoms with Crippen molar-refractivity contribution < 1.29 is 28.8 Å². The average Bonchev–Trinajstić information content (AvgIpc) is 3.06. The monoisotopic (exact) mass is 320 g/mol. The van der Waals surface area contributed by atoms with E-state index in [0.717, 1.165) is 0 Å². The van der Waals surface area contributed by atoms with Crippen molar-refractivity contribution in [2.75, 3.05) is 6.61 Å². The zero-order valence-corrected chi connectivity index (χ0v) is 13.1. The third-order valence-electron chi connectivity index (χ3n) is 4.76. The molecule has 5 atom stereocenters. The molecule has 3 unspecified atom stereocenters. The molecule has 1 aliphatic carbocycles. The number of aliphatic hydroxyl groups is 1. The predicted octanol–water partition coefficient (Wildman–Crippen LogP) is 1.47. The van der Waals surface area contributed by atoms with E-state index in [4.69, 9.17) is 18.9 Å². The molecule has 2 aliphatic heterocycles. The first-order valence-electron chi connectivity index (χ1n) is 7.85. The highest BCUT2D eigenvalue weighted by molar-refractivity contribution is 5.89. The molecular weight excluding hydrogens is 300 g/mol. The number of fused-ring (bicyclic) bond motifs is 1. The second-order valence-electron chi connectivity index (χ2n) is 6.85. The quantitative estimate of drug-likeness (QED) is 0.850. The van der Waals surface area contributed by atoms with Crippen molar-refractivity contribution in [2.45, 2.75) is 50.2 Å². The molecule has 1 spiro atoms. The van der Waals surface area contributed by atoms with Crippen LogP contribution in [0.1, 0.15) is 30.6 Å². The maximum atomic E-state index is 12.0.